The Hall–Kier alpha value is -1.68. The van der Waals surface area contributed by atoms with Gasteiger partial charge in [0.15, 0.2) is 5.96 Å². The third kappa shape index (κ3) is 5.75. The van der Waals surface area contributed by atoms with Gasteiger partial charge in [-0.25, -0.2) is 4.98 Å². The lowest BCUT2D eigenvalue weighted by molar-refractivity contribution is 0.100. The van der Waals surface area contributed by atoms with E-state index in [0.717, 1.165) is 16.3 Å². The molecule has 0 aliphatic heterocycles. The Bertz CT molecular complexity index is 692. The van der Waals surface area contributed by atoms with Gasteiger partial charge < -0.3 is 16.4 Å². The van der Waals surface area contributed by atoms with Crippen molar-refractivity contribution in [3.63, 3.8) is 0 Å². The molecule has 2 aromatic rings. The van der Waals surface area contributed by atoms with Crippen molar-refractivity contribution in [1.82, 2.24) is 15.6 Å². The van der Waals surface area contributed by atoms with Crippen LogP contribution in [0.3, 0.4) is 0 Å². The Morgan fingerprint density at radius 3 is 2.33 bits per heavy atom. The number of hydrogen-bond acceptors (Lipinski definition) is 4. The molecule has 1 amide bonds. The molecule has 1 heterocycles. The molecule has 0 unspecified atom stereocenters. The summed E-state index contributed by atoms with van der Waals surface area (Å²) in [5.74, 6) is 0.283. The molecule has 2 rings (SSSR count). The fourth-order valence-electron chi connectivity index (χ4n) is 1.97. The smallest absolute Gasteiger partial charge is 0.248 e. The number of thiazole rings is 1. The van der Waals surface area contributed by atoms with Crippen LogP contribution in [0.15, 0.2) is 29.3 Å². The molecule has 130 valence electrons. The summed E-state index contributed by atoms with van der Waals surface area (Å²) in [5.41, 5.74) is 7.85. The number of benzene rings is 1. The van der Waals surface area contributed by atoms with E-state index in [1.165, 1.54) is 4.88 Å². The summed E-state index contributed by atoms with van der Waals surface area (Å²) in [5, 5.41) is 7.50. The summed E-state index contributed by atoms with van der Waals surface area (Å²) in [4.78, 5) is 21.0. The van der Waals surface area contributed by atoms with E-state index >= 15 is 0 Å². The number of primary amides is 1. The number of amides is 1. The van der Waals surface area contributed by atoms with Gasteiger partial charge in [0.1, 0.15) is 5.01 Å². The average Bonchev–Trinajstić information content (AvgIpc) is 2.86. The van der Waals surface area contributed by atoms with Crippen LogP contribution in [0.5, 0.6) is 0 Å². The first kappa shape index (κ1) is 20.4. The van der Waals surface area contributed by atoms with E-state index in [-0.39, 0.29) is 24.0 Å². The van der Waals surface area contributed by atoms with Crippen LogP contribution in [0.4, 0.5) is 0 Å². The highest BCUT2D eigenvalue weighted by molar-refractivity contribution is 14.0. The van der Waals surface area contributed by atoms with Crippen LogP contribution in [-0.4, -0.2) is 23.9 Å². The molecule has 1 aromatic heterocycles. The molecule has 24 heavy (non-hydrogen) atoms. The van der Waals surface area contributed by atoms with E-state index in [1.54, 1.807) is 30.5 Å². The summed E-state index contributed by atoms with van der Waals surface area (Å²) >= 11 is 1.69. The lowest BCUT2D eigenvalue weighted by Crippen LogP contribution is -2.36. The molecular weight excluding hydrogens is 437 g/mol. The zero-order valence-electron chi connectivity index (χ0n) is 13.9. The van der Waals surface area contributed by atoms with Crippen molar-refractivity contribution in [3.05, 3.63) is 51.0 Å². The van der Waals surface area contributed by atoms with Gasteiger partial charge in [-0.2, -0.15) is 0 Å². The van der Waals surface area contributed by atoms with E-state index < -0.39 is 5.91 Å². The number of guanidine groups is 1. The Labute approximate surface area is 163 Å². The molecular formula is C16H22IN5OS. The number of nitrogens with one attached hydrogen (secondary N) is 2. The minimum atomic E-state index is -0.420. The minimum absolute atomic E-state index is 0. The molecule has 0 bridgehead atoms. The van der Waals surface area contributed by atoms with Gasteiger partial charge in [-0.1, -0.05) is 12.1 Å². The molecule has 0 saturated heterocycles. The summed E-state index contributed by atoms with van der Waals surface area (Å²) in [7, 11) is 1.73. The number of carbonyl (C=O) groups is 1. The van der Waals surface area contributed by atoms with Gasteiger partial charge in [-0.15, -0.1) is 35.3 Å². The Morgan fingerprint density at radius 2 is 1.83 bits per heavy atom. The number of nitrogens with two attached hydrogens (primary N) is 1. The quantitative estimate of drug-likeness (QED) is 0.364. The zero-order chi connectivity index (χ0) is 16.8. The molecule has 0 fully saturated rings. The van der Waals surface area contributed by atoms with Crippen molar-refractivity contribution in [1.29, 1.82) is 0 Å². The van der Waals surface area contributed by atoms with E-state index in [0.29, 0.717) is 24.6 Å². The molecule has 1 aromatic carbocycles. The van der Waals surface area contributed by atoms with Gasteiger partial charge in [-0.05, 0) is 31.5 Å². The van der Waals surface area contributed by atoms with Crippen molar-refractivity contribution >= 4 is 47.2 Å². The molecule has 4 N–H and O–H groups in total. The molecule has 0 aliphatic rings. The van der Waals surface area contributed by atoms with E-state index in [9.17, 15) is 4.79 Å². The maximum Gasteiger partial charge on any atom is 0.248 e. The van der Waals surface area contributed by atoms with Gasteiger partial charge in [0.25, 0.3) is 0 Å². The fraction of sp³-hybridized carbons (Fsp3) is 0.312. The molecule has 6 nitrogen and oxygen atoms in total. The topological polar surface area (TPSA) is 92.4 Å². The van der Waals surface area contributed by atoms with Crippen LogP contribution in [0, 0.1) is 13.8 Å². The number of halogens is 1. The minimum Gasteiger partial charge on any atom is -0.366 e. The second kappa shape index (κ2) is 9.58. The van der Waals surface area contributed by atoms with Crippen molar-refractivity contribution < 1.29 is 4.79 Å². The highest BCUT2D eigenvalue weighted by atomic mass is 127. The molecule has 0 saturated carbocycles. The average molecular weight is 459 g/mol. The van der Waals surface area contributed by atoms with Gasteiger partial charge in [-0.3, -0.25) is 9.79 Å². The number of hydrogen-bond donors (Lipinski definition) is 3. The van der Waals surface area contributed by atoms with Crippen LogP contribution >= 0.6 is 35.3 Å². The van der Waals surface area contributed by atoms with Crippen molar-refractivity contribution in [2.45, 2.75) is 26.9 Å². The molecule has 0 spiro atoms. The van der Waals surface area contributed by atoms with Crippen LogP contribution in [-0.2, 0) is 13.1 Å². The standard InChI is InChI=1S/C16H21N5OS.HI/c1-10-11(2)23-14(21-10)9-20-16(18-3)19-8-12-4-6-13(7-5-12)15(17)22;/h4-7H,8-9H2,1-3H3,(H2,17,22)(H2,18,19,20);1H. The first-order valence-corrected chi connectivity index (χ1v) is 8.07. The monoisotopic (exact) mass is 459 g/mol. The maximum absolute atomic E-state index is 11.0. The summed E-state index contributed by atoms with van der Waals surface area (Å²) in [6.07, 6.45) is 0. The lowest BCUT2D eigenvalue weighted by atomic mass is 10.1. The Balaban J connectivity index is 0.00000288. The van der Waals surface area contributed by atoms with E-state index in [4.69, 9.17) is 5.73 Å². The maximum atomic E-state index is 11.0. The Morgan fingerprint density at radius 1 is 1.21 bits per heavy atom. The molecule has 0 radical (unpaired) electrons. The summed E-state index contributed by atoms with van der Waals surface area (Å²) in [6, 6.07) is 7.18. The van der Waals surface area contributed by atoms with E-state index in [2.05, 4.69) is 27.5 Å². The highest BCUT2D eigenvalue weighted by Gasteiger charge is 2.05. The number of carbonyl (C=O) groups excluding carboxylic acids is 1. The second-order valence-electron chi connectivity index (χ2n) is 5.09. The first-order chi connectivity index (χ1) is 11.0. The predicted octanol–water partition coefficient (Wildman–Crippen LogP) is 2.34. The van der Waals surface area contributed by atoms with Gasteiger partial charge in [0.2, 0.25) is 5.91 Å². The van der Waals surface area contributed by atoms with Crippen LogP contribution in [0.25, 0.3) is 0 Å². The van der Waals surface area contributed by atoms with Crippen molar-refractivity contribution in [2.75, 3.05) is 7.05 Å². The summed E-state index contributed by atoms with van der Waals surface area (Å²) in [6.45, 7) is 5.33. The third-order valence-corrected chi connectivity index (χ3v) is 4.47. The molecule has 0 atom stereocenters. The lowest BCUT2D eigenvalue weighted by Gasteiger charge is -2.11. The van der Waals surface area contributed by atoms with Gasteiger partial charge in [0.05, 0.1) is 12.2 Å². The largest absolute Gasteiger partial charge is 0.366 e. The number of aryl methyl sites for hydroxylation is 2. The van der Waals surface area contributed by atoms with Gasteiger partial charge >= 0.3 is 0 Å². The predicted molar refractivity (Wildman–Crippen MR) is 109 cm³/mol. The normalized spacial score (nSPS) is 10.9. The zero-order valence-corrected chi connectivity index (χ0v) is 17.1. The fourth-order valence-corrected chi connectivity index (χ4v) is 2.84. The van der Waals surface area contributed by atoms with Crippen LogP contribution in [0.1, 0.15) is 31.5 Å². The third-order valence-electron chi connectivity index (χ3n) is 3.40. The highest BCUT2D eigenvalue weighted by Crippen LogP contribution is 2.15. The second-order valence-corrected chi connectivity index (χ2v) is 6.38. The molecule has 8 heteroatoms. The first-order valence-electron chi connectivity index (χ1n) is 7.25. The number of aliphatic imine (C=N–C) groups is 1. The number of aromatic nitrogens is 1. The number of rotatable bonds is 5. The Kier molecular flexibility index (Phi) is 8.13. The van der Waals surface area contributed by atoms with Crippen molar-refractivity contribution in [2.24, 2.45) is 10.7 Å². The van der Waals surface area contributed by atoms with Crippen LogP contribution in [0.2, 0.25) is 0 Å². The SMILES string of the molecule is CN=C(NCc1ccc(C(N)=O)cc1)NCc1nc(C)c(C)s1.I. The molecule has 0 aliphatic carbocycles. The van der Waals surface area contributed by atoms with E-state index in [1.807, 2.05) is 19.1 Å². The van der Waals surface area contributed by atoms with Crippen molar-refractivity contribution in [3.8, 4) is 0 Å². The summed E-state index contributed by atoms with van der Waals surface area (Å²) < 4.78 is 0. The van der Waals surface area contributed by atoms with Gasteiger partial charge in [0, 0.05) is 24.0 Å². The van der Waals surface area contributed by atoms with Crippen LogP contribution < -0.4 is 16.4 Å². The number of nitrogens with zero attached hydrogens (tertiary/aromatic N) is 2.